The molecule has 1 atom stereocenters. The summed E-state index contributed by atoms with van der Waals surface area (Å²) in [6.07, 6.45) is -3.64. The molecule has 1 unspecified atom stereocenters. The molecule has 0 fully saturated rings. The largest absolute Gasteiger partial charge is 0.456 e. The average Bonchev–Trinajstić information content (AvgIpc) is 2.81. The van der Waals surface area contributed by atoms with Crippen LogP contribution in [0.3, 0.4) is 0 Å². The Morgan fingerprint density at radius 2 is 1.91 bits per heavy atom. The fourth-order valence-electron chi connectivity index (χ4n) is 2.82. The van der Waals surface area contributed by atoms with Gasteiger partial charge in [0.25, 0.3) is 0 Å². The molecule has 0 N–H and O–H groups in total. The number of alkyl halides is 3. The van der Waals surface area contributed by atoms with E-state index in [-0.39, 0.29) is 17.9 Å². The first-order valence-corrected chi connectivity index (χ1v) is 7.09. The summed E-state index contributed by atoms with van der Waals surface area (Å²) in [4.78, 5) is 11.7. The third-order valence-electron chi connectivity index (χ3n) is 4.18. The van der Waals surface area contributed by atoms with Gasteiger partial charge in [0.1, 0.15) is 5.60 Å². The summed E-state index contributed by atoms with van der Waals surface area (Å²) in [6.45, 7) is 8.54. The van der Waals surface area contributed by atoms with Crippen LogP contribution in [0.15, 0.2) is 30.4 Å². The van der Waals surface area contributed by atoms with Gasteiger partial charge in [-0.3, -0.25) is 0 Å². The van der Waals surface area contributed by atoms with Gasteiger partial charge in [-0.05, 0) is 50.8 Å². The number of hydrogen-bond donors (Lipinski definition) is 0. The summed E-state index contributed by atoms with van der Waals surface area (Å²) in [5.41, 5.74) is -0.161. The van der Waals surface area contributed by atoms with Crippen LogP contribution >= 0.6 is 0 Å². The number of carbonyl (C=O) groups excluding carboxylic acids is 1. The maximum atomic E-state index is 13.1. The average molecular weight is 312 g/mol. The molecule has 0 bridgehead atoms. The maximum absolute atomic E-state index is 13.1. The minimum Gasteiger partial charge on any atom is -0.456 e. The smallest absolute Gasteiger partial charge is 0.416 e. The molecule has 22 heavy (non-hydrogen) atoms. The van der Waals surface area contributed by atoms with Crippen molar-refractivity contribution in [1.29, 1.82) is 0 Å². The highest BCUT2D eigenvalue weighted by Gasteiger charge is 2.42. The molecular formula is C17H19F3O2. The summed E-state index contributed by atoms with van der Waals surface area (Å²) < 4.78 is 44.7. The Labute approximate surface area is 128 Å². The van der Waals surface area contributed by atoms with Crippen LogP contribution in [-0.4, -0.2) is 11.6 Å². The van der Waals surface area contributed by atoms with E-state index < -0.39 is 23.3 Å². The standard InChI is InChI=1S/C17H19F3O2/c1-10(2)15(21)22-16(3,4)12-8-11-6-5-7-14(13(11)9-12)17(18,19)20/h5-7,12H,1,8-9H2,2-4H3. The molecule has 120 valence electrons. The highest BCUT2D eigenvalue weighted by atomic mass is 19.4. The Balaban J connectivity index is 2.25. The molecule has 0 radical (unpaired) electrons. The molecule has 0 aliphatic heterocycles. The lowest BCUT2D eigenvalue weighted by Gasteiger charge is -2.31. The van der Waals surface area contributed by atoms with Crippen molar-refractivity contribution in [2.24, 2.45) is 5.92 Å². The molecule has 1 aromatic carbocycles. The normalized spacial score (nSPS) is 18.0. The molecule has 0 saturated carbocycles. The van der Waals surface area contributed by atoms with Crippen molar-refractivity contribution in [2.45, 2.75) is 45.4 Å². The number of benzene rings is 1. The molecule has 0 saturated heterocycles. The summed E-state index contributed by atoms with van der Waals surface area (Å²) in [7, 11) is 0. The Hall–Kier alpha value is -1.78. The van der Waals surface area contributed by atoms with E-state index in [1.165, 1.54) is 6.07 Å². The van der Waals surface area contributed by atoms with E-state index >= 15 is 0 Å². The summed E-state index contributed by atoms with van der Waals surface area (Å²) >= 11 is 0. The summed E-state index contributed by atoms with van der Waals surface area (Å²) in [5, 5.41) is 0. The topological polar surface area (TPSA) is 26.3 Å². The molecule has 0 amide bonds. The van der Waals surface area contributed by atoms with Crippen LogP contribution < -0.4 is 0 Å². The van der Waals surface area contributed by atoms with Gasteiger partial charge in [-0.2, -0.15) is 13.2 Å². The van der Waals surface area contributed by atoms with Crippen molar-refractivity contribution in [3.05, 3.63) is 47.0 Å². The van der Waals surface area contributed by atoms with Crippen LogP contribution in [0.1, 0.15) is 37.5 Å². The molecule has 2 rings (SSSR count). The first kappa shape index (κ1) is 16.6. The van der Waals surface area contributed by atoms with Gasteiger partial charge in [-0.15, -0.1) is 0 Å². The van der Waals surface area contributed by atoms with Gasteiger partial charge in [0, 0.05) is 11.5 Å². The number of esters is 1. The second kappa shape index (κ2) is 5.45. The van der Waals surface area contributed by atoms with Crippen molar-refractivity contribution in [2.75, 3.05) is 0 Å². The molecule has 0 heterocycles. The number of rotatable bonds is 3. The number of carbonyl (C=O) groups is 1. The Bertz CT molecular complexity index is 615. The monoisotopic (exact) mass is 312 g/mol. The van der Waals surface area contributed by atoms with E-state index in [1.54, 1.807) is 26.8 Å². The van der Waals surface area contributed by atoms with E-state index in [4.69, 9.17) is 4.74 Å². The van der Waals surface area contributed by atoms with Crippen LogP contribution in [-0.2, 0) is 28.5 Å². The zero-order valence-corrected chi connectivity index (χ0v) is 12.9. The van der Waals surface area contributed by atoms with Gasteiger partial charge in [-0.1, -0.05) is 18.7 Å². The number of ether oxygens (including phenoxy) is 1. The predicted octanol–water partition coefficient (Wildman–Crippen LogP) is 4.32. The number of hydrogen-bond acceptors (Lipinski definition) is 2. The fraction of sp³-hybridized carbons (Fsp3) is 0.471. The van der Waals surface area contributed by atoms with E-state index in [9.17, 15) is 18.0 Å². The van der Waals surface area contributed by atoms with Crippen molar-refractivity contribution >= 4 is 5.97 Å². The minimum absolute atomic E-state index is 0.186. The van der Waals surface area contributed by atoms with Gasteiger partial charge < -0.3 is 4.74 Å². The van der Waals surface area contributed by atoms with Crippen LogP contribution in [0, 0.1) is 5.92 Å². The molecule has 0 aromatic heterocycles. The molecule has 1 aliphatic rings. The predicted molar refractivity (Wildman–Crippen MR) is 77.3 cm³/mol. The second-order valence-electron chi connectivity index (χ2n) is 6.32. The molecule has 1 aliphatic carbocycles. The number of halogens is 3. The molecular weight excluding hydrogens is 293 g/mol. The van der Waals surface area contributed by atoms with Gasteiger partial charge >= 0.3 is 12.1 Å². The third kappa shape index (κ3) is 3.18. The number of fused-ring (bicyclic) bond motifs is 1. The van der Waals surface area contributed by atoms with E-state index in [0.29, 0.717) is 17.5 Å². The first-order valence-electron chi connectivity index (χ1n) is 7.09. The summed E-state index contributed by atoms with van der Waals surface area (Å²) in [5.74, 6) is -0.702. The highest BCUT2D eigenvalue weighted by Crippen LogP contribution is 2.42. The third-order valence-corrected chi connectivity index (χ3v) is 4.18. The molecule has 1 aromatic rings. The Morgan fingerprint density at radius 3 is 2.45 bits per heavy atom. The zero-order chi connectivity index (χ0) is 16.7. The lowest BCUT2D eigenvalue weighted by atomic mass is 9.88. The van der Waals surface area contributed by atoms with Crippen LogP contribution in [0.2, 0.25) is 0 Å². The summed E-state index contributed by atoms with van der Waals surface area (Å²) in [6, 6.07) is 4.24. The lowest BCUT2D eigenvalue weighted by molar-refractivity contribution is -0.156. The lowest BCUT2D eigenvalue weighted by Crippen LogP contribution is -2.37. The van der Waals surface area contributed by atoms with Gasteiger partial charge in [-0.25, -0.2) is 4.79 Å². The quantitative estimate of drug-likeness (QED) is 0.614. The van der Waals surface area contributed by atoms with Crippen molar-refractivity contribution < 1.29 is 22.7 Å². The fourth-order valence-corrected chi connectivity index (χ4v) is 2.82. The SMILES string of the molecule is C=C(C)C(=O)OC(C)(C)C1Cc2cccc(C(F)(F)F)c2C1. The molecule has 0 spiro atoms. The van der Waals surface area contributed by atoms with Crippen LogP contribution in [0.5, 0.6) is 0 Å². The van der Waals surface area contributed by atoms with Gasteiger partial charge in [0.15, 0.2) is 0 Å². The highest BCUT2D eigenvalue weighted by molar-refractivity contribution is 5.87. The van der Waals surface area contributed by atoms with Crippen molar-refractivity contribution in [3.63, 3.8) is 0 Å². The van der Waals surface area contributed by atoms with Crippen molar-refractivity contribution in [1.82, 2.24) is 0 Å². The molecule has 5 heteroatoms. The second-order valence-corrected chi connectivity index (χ2v) is 6.32. The van der Waals surface area contributed by atoms with Crippen LogP contribution in [0.4, 0.5) is 13.2 Å². The minimum atomic E-state index is -4.36. The first-order chi connectivity index (χ1) is 10.0. The zero-order valence-electron chi connectivity index (χ0n) is 12.9. The Kier molecular flexibility index (Phi) is 4.11. The van der Waals surface area contributed by atoms with Crippen molar-refractivity contribution in [3.8, 4) is 0 Å². The van der Waals surface area contributed by atoms with E-state index in [2.05, 4.69) is 6.58 Å². The van der Waals surface area contributed by atoms with Gasteiger partial charge in [0.2, 0.25) is 0 Å². The van der Waals surface area contributed by atoms with E-state index in [0.717, 1.165) is 6.07 Å². The molecule has 2 nitrogen and oxygen atoms in total. The van der Waals surface area contributed by atoms with E-state index in [1.807, 2.05) is 0 Å². The maximum Gasteiger partial charge on any atom is 0.416 e. The van der Waals surface area contributed by atoms with Crippen LogP contribution in [0.25, 0.3) is 0 Å². The Morgan fingerprint density at radius 1 is 1.27 bits per heavy atom. The van der Waals surface area contributed by atoms with Gasteiger partial charge in [0.05, 0.1) is 5.56 Å².